The number of ether oxygens (including phenoxy) is 4. The number of aromatic carboxylic acids is 2. The number of hydrogen-bond acceptors (Lipinski definition) is 10. The van der Waals surface area contributed by atoms with Crippen LogP contribution in [0.1, 0.15) is 70.1 Å². The lowest BCUT2D eigenvalue weighted by Crippen LogP contribution is -2.48. The van der Waals surface area contributed by atoms with E-state index in [4.69, 9.17) is 29.2 Å². The molecular formula is C34H46N2O12S2. The van der Waals surface area contributed by atoms with Crippen molar-refractivity contribution in [2.24, 2.45) is 0 Å². The van der Waals surface area contributed by atoms with E-state index in [0.717, 1.165) is 11.1 Å². The molecule has 4 aliphatic heterocycles. The average Bonchev–Trinajstić information content (AvgIpc) is 3.74. The molecule has 4 fully saturated rings. The Morgan fingerprint density at radius 1 is 0.740 bits per heavy atom. The minimum atomic E-state index is -3.55. The SMILES string of the molecule is Cc1cc(C(=O)O)ccc1/C=C/S(=O)(=O)N1CCC2(CC1)OCCO2.Cc1cc(C(=O)O)ccc1CCS(=O)(=O)N1CCC2(CC1)OCCO2.[HH]. The molecule has 50 heavy (non-hydrogen) atoms. The Hall–Kier alpha value is -3.22. The zero-order chi connectivity index (χ0) is 36.2. The van der Waals surface area contributed by atoms with Gasteiger partial charge in [0, 0.05) is 58.7 Å². The smallest absolute Gasteiger partial charge is 0.335 e. The lowest BCUT2D eigenvalue weighted by molar-refractivity contribution is -0.179. The van der Waals surface area contributed by atoms with Gasteiger partial charge in [-0.2, -0.15) is 4.31 Å². The normalized spacial score (nSPS) is 21.0. The second-order valence-corrected chi connectivity index (χ2v) is 16.7. The van der Waals surface area contributed by atoms with Gasteiger partial charge in [-0.25, -0.2) is 30.7 Å². The summed E-state index contributed by atoms with van der Waals surface area (Å²) in [6.07, 6.45) is 4.02. The van der Waals surface area contributed by atoms with Crippen LogP contribution in [0, 0.1) is 13.8 Å². The highest BCUT2D eigenvalue weighted by Gasteiger charge is 2.43. The first-order valence-corrected chi connectivity index (χ1v) is 19.6. The van der Waals surface area contributed by atoms with E-state index in [1.54, 1.807) is 32.0 Å². The standard InChI is InChI=1S/C17H23NO6S.C17H21NO6S.H2/c2*1-13-12-15(16(19)20)3-2-14(13)4-11-25(21,22)18-7-5-17(6-8-18)23-9-10-24-17;/h2-3,12H,4-11H2,1H3,(H,19,20);2-4,11-12H,5-10H2,1H3,(H,19,20);1H/b;11-4+;. The van der Waals surface area contributed by atoms with Crippen LogP contribution in [0.2, 0.25) is 0 Å². The van der Waals surface area contributed by atoms with Gasteiger partial charge in [-0.05, 0) is 72.9 Å². The number of carbonyl (C=O) groups is 2. The molecular weight excluding hydrogens is 693 g/mol. The Balaban J connectivity index is 0.000000224. The fraction of sp³-hybridized carbons (Fsp3) is 0.529. The fourth-order valence-corrected chi connectivity index (χ4v) is 9.13. The summed E-state index contributed by atoms with van der Waals surface area (Å²) in [5, 5.41) is 19.1. The fourth-order valence-electron chi connectivity index (χ4n) is 6.48. The van der Waals surface area contributed by atoms with Crippen LogP contribution in [0.15, 0.2) is 41.8 Å². The highest BCUT2D eigenvalue weighted by molar-refractivity contribution is 7.92. The van der Waals surface area contributed by atoms with Crippen LogP contribution >= 0.6 is 0 Å². The van der Waals surface area contributed by atoms with E-state index in [2.05, 4.69) is 0 Å². The summed E-state index contributed by atoms with van der Waals surface area (Å²) in [4.78, 5) is 21.9. The molecule has 16 heteroatoms. The molecule has 4 saturated heterocycles. The molecule has 0 radical (unpaired) electrons. The van der Waals surface area contributed by atoms with Crippen LogP contribution in [-0.2, 0) is 45.4 Å². The first-order chi connectivity index (χ1) is 23.6. The van der Waals surface area contributed by atoms with Gasteiger partial charge >= 0.3 is 11.9 Å². The predicted octanol–water partition coefficient (Wildman–Crippen LogP) is 3.48. The van der Waals surface area contributed by atoms with Crippen LogP contribution in [0.25, 0.3) is 6.08 Å². The lowest BCUT2D eigenvalue weighted by Gasteiger charge is -2.36. The average molecular weight is 739 g/mol. The van der Waals surface area contributed by atoms with Crippen molar-refractivity contribution in [1.29, 1.82) is 0 Å². The molecule has 0 aliphatic carbocycles. The first-order valence-electron chi connectivity index (χ1n) is 16.5. The number of carboxylic acids is 2. The number of piperidine rings is 2. The third-order valence-electron chi connectivity index (χ3n) is 9.50. The molecule has 6 rings (SSSR count). The van der Waals surface area contributed by atoms with Crippen molar-refractivity contribution >= 4 is 38.1 Å². The number of nitrogens with zero attached hydrogens (tertiary/aromatic N) is 2. The molecule has 4 heterocycles. The van der Waals surface area contributed by atoms with Crippen molar-refractivity contribution < 1.29 is 57.0 Å². The van der Waals surface area contributed by atoms with Crippen molar-refractivity contribution in [3.63, 3.8) is 0 Å². The van der Waals surface area contributed by atoms with Gasteiger partial charge in [0.25, 0.3) is 0 Å². The van der Waals surface area contributed by atoms with Gasteiger partial charge in [-0.1, -0.05) is 12.1 Å². The number of hydrogen-bond donors (Lipinski definition) is 2. The molecule has 4 aliphatic rings. The van der Waals surface area contributed by atoms with E-state index >= 15 is 0 Å². The second-order valence-electron chi connectivity index (χ2n) is 12.7. The Labute approximate surface area is 294 Å². The maximum atomic E-state index is 12.6. The number of aryl methyl sites for hydroxylation is 3. The maximum Gasteiger partial charge on any atom is 0.335 e. The third kappa shape index (κ3) is 9.16. The summed E-state index contributed by atoms with van der Waals surface area (Å²) >= 11 is 0. The van der Waals surface area contributed by atoms with Gasteiger partial charge in [0.2, 0.25) is 20.0 Å². The van der Waals surface area contributed by atoms with Gasteiger partial charge in [-0.15, -0.1) is 0 Å². The Morgan fingerprint density at radius 2 is 1.20 bits per heavy atom. The highest BCUT2D eigenvalue weighted by Crippen LogP contribution is 2.33. The minimum absolute atomic E-state index is 0. The third-order valence-corrected chi connectivity index (χ3v) is 12.9. The minimum Gasteiger partial charge on any atom is -0.478 e. The van der Waals surface area contributed by atoms with E-state index in [0.29, 0.717) is 95.8 Å². The molecule has 0 unspecified atom stereocenters. The van der Waals surface area contributed by atoms with Crippen LogP contribution < -0.4 is 0 Å². The quantitative estimate of drug-likeness (QED) is 0.382. The van der Waals surface area contributed by atoms with Crippen LogP contribution in [0.5, 0.6) is 0 Å². The van der Waals surface area contributed by atoms with Crippen molar-refractivity contribution in [1.82, 2.24) is 8.61 Å². The summed E-state index contributed by atoms with van der Waals surface area (Å²) in [6, 6.07) is 9.37. The Morgan fingerprint density at radius 3 is 1.66 bits per heavy atom. The highest BCUT2D eigenvalue weighted by atomic mass is 32.2. The van der Waals surface area contributed by atoms with Gasteiger partial charge in [0.1, 0.15) is 0 Å². The zero-order valence-electron chi connectivity index (χ0n) is 28.2. The predicted molar refractivity (Wildman–Crippen MR) is 185 cm³/mol. The van der Waals surface area contributed by atoms with Crippen molar-refractivity contribution in [2.45, 2.75) is 57.5 Å². The molecule has 0 atom stereocenters. The van der Waals surface area contributed by atoms with E-state index < -0.39 is 43.6 Å². The van der Waals surface area contributed by atoms with E-state index in [9.17, 15) is 26.4 Å². The molecule has 0 amide bonds. The maximum absolute atomic E-state index is 12.6. The van der Waals surface area contributed by atoms with Gasteiger partial charge in [0.05, 0.1) is 43.3 Å². The molecule has 0 aromatic heterocycles. The van der Waals surface area contributed by atoms with Crippen LogP contribution in [0.4, 0.5) is 0 Å². The molecule has 0 saturated carbocycles. The zero-order valence-corrected chi connectivity index (χ0v) is 29.8. The molecule has 0 bridgehead atoms. The first kappa shape index (κ1) is 38.0. The monoisotopic (exact) mass is 738 g/mol. The molecule has 14 nitrogen and oxygen atoms in total. The lowest BCUT2D eigenvalue weighted by atomic mass is 10.0. The van der Waals surface area contributed by atoms with Gasteiger partial charge < -0.3 is 29.2 Å². The topological polar surface area (TPSA) is 186 Å². The molecule has 2 aromatic carbocycles. The summed E-state index contributed by atoms with van der Waals surface area (Å²) < 4.78 is 75.6. The van der Waals surface area contributed by atoms with E-state index in [1.807, 2.05) is 0 Å². The van der Waals surface area contributed by atoms with Crippen molar-refractivity contribution in [3.8, 4) is 0 Å². The summed E-state index contributed by atoms with van der Waals surface area (Å²) in [5.41, 5.74) is 3.41. The number of benzene rings is 2. The van der Waals surface area contributed by atoms with E-state index in [-0.39, 0.29) is 18.3 Å². The molecule has 2 N–H and O–H groups in total. The molecule has 2 aromatic rings. The second kappa shape index (κ2) is 15.6. The summed E-state index contributed by atoms with van der Waals surface area (Å²) in [5.74, 6) is -3.19. The van der Waals surface area contributed by atoms with Crippen molar-refractivity contribution in [3.05, 3.63) is 75.2 Å². The molecule has 276 valence electrons. The molecule has 2 spiro atoms. The van der Waals surface area contributed by atoms with Crippen LogP contribution in [0.3, 0.4) is 0 Å². The van der Waals surface area contributed by atoms with E-state index in [1.165, 1.54) is 38.3 Å². The number of carboxylic acid groups (broad SMARTS) is 2. The summed E-state index contributed by atoms with van der Waals surface area (Å²) in [7, 11) is -6.91. The summed E-state index contributed by atoms with van der Waals surface area (Å²) in [6.45, 7) is 7.30. The van der Waals surface area contributed by atoms with Gasteiger partial charge in [0.15, 0.2) is 11.6 Å². The van der Waals surface area contributed by atoms with Gasteiger partial charge in [-0.3, -0.25) is 0 Å². The Bertz CT molecular complexity index is 1800. The Kier molecular flexibility index (Phi) is 11.8. The number of sulfonamides is 2. The van der Waals surface area contributed by atoms with Crippen molar-refractivity contribution in [2.75, 3.05) is 58.4 Å². The largest absolute Gasteiger partial charge is 0.478 e. The number of rotatable bonds is 9. The van der Waals surface area contributed by atoms with Crippen LogP contribution in [-0.4, -0.2) is 118 Å².